The number of methoxy groups -OCH3 is 1. The van der Waals surface area contributed by atoms with E-state index in [0.29, 0.717) is 12.3 Å². The molecule has 0 saturated carbocycles. The number of aryl methyl sites for hydroxylation is 1. The third kappa shape index (κ3) is 7.91. The number of rotatable bonds is 12. The second kappa shape index (κ2) is 11.5. The molecule has 2 aromatic rings. The van der Waals surface area contributed by atoms with Gasteiger partial charge in [0.1, 0.15) is 0 Å². The summed E-state index contributed by atoms with van der Waals surface area (Å²) in [5.74, 6) is 0.377. The number of hydrogen-bond acceptors (Lipinski definition) is 5. The molecule has 7 heteroatoms. The number of thiophene rings is 1. The van der Waals surface area contributed by atoms with Crippen LogP contribution < -0.4 is 4.72 Å². The minimum Gasteiger partial charge on any atom is -0.469 e. The van der Waals surface area contributed by atoms with E-state index in [-0.39, 0.29) is 16.9 Å². The zero-order valence-electron chi connectivity index (χ0n) is 17.4. The van der Waals surface area contributed by atoms with Gasteiger partial charge < -0.3 is 4.74 Å². The maximum atomic E-state index is 12.8. The van der Waals surface area contributed by atoms with Gasteiger partial charge in [0.25, 0.3) is 0 Å². The predicted octanol–water partition coefficient (Wildman–Crippen LogP) is 5.09. The van der Waals surface area contributed by atoms with Crippen molar-refractivity contribution < 1.29 is 17.9 Å². The highest BCUT2D eigenvalue weighted by molar-refractivity contribution is 7.89. The van der Waals surface area contributed by atoms with E-state index in [2.05, 4.69) is 23.3 Å². The van der Waals surface area contributed by atoms with Crippen molar-refractivity contribution in [1.29, 1.82) is 0 Å². The average Bonchev–Trinajstić information content (AvgIpc) is 3.16. The summed E-state index contributed by atoms with van der Waals surface area (Å²) in [5, 5.41) is 0. The molecular weight excluding hydrogens is 406 g/mol. The summed E-state index contributed by atoms with van der Waals surface area (Å²) in [7, 11) is -2.19. The Balaban J connectivity index is 2.10. The van der Waals surface area contributed by atoms with E-state index in [1.165, 1.54) is 7.11 Å². The first kappa shape index (κ1) is 23.6. The van der Waals surface area contributed by atoms with Crippen LogP contribution in [0.2, 0.25) is 0 Å². The van der Waals surface area contributed by atoms with Gasteiger partial charge in [0.2, 0.25) is 10.0 Å². The van der Waals surface area contributed by atoms with Crippen LogP contribution in [0.3, 0.4) is 0 Å². The molecule has 0 aliphatic carbocycles. The number of ether oxygens (including phenoxy) is 1. The Hall–Kier alpha value is -1.70. The van der Waals surface area contributed by atoms with Gasteiger partial charge in [-0.25, -0.2) is 13.1 Å². The molecule has 0 radical (unpaired) electrons. The number of carbonyl (C=O) groups is 1. The average molecular weight is 438 g/mol. The molecule has 1 N–H and O–H groups in total. The molecule has 160 valence electrons. The Morgan fingerprint density at radius 2 is 1.79 bits per heavy atom. The van der Waals surface area contributed by atoms with Gasteiger partial charge in [0.05, 0.1) is 18.0 Å². The highest BCUT2D eigenvalue weighted by Crippen LogP contribution is 2.30. The molecule has 1 atom stereocenters. The third-order valence-corrected chi connectivity index (χ3v) is 7.43. The van der Waals surface area contributed by atoms with E-state index in [1.807, 2.05) is 12.1 Å². The summed E-state index contributed by atoms with van der Waals surface area (Å²) < 4.78 is 33.3. The molecule has 0 bridgehead atoms. The van der Waals surface area contributed by atoms with Gasteiger partial charge in [0, 0.05) is 16.2 Å². The molecule has 1 aromatic carbocycles. The van der Waals surface area contributed by atoms with Crippen LogP contribution in [-0.2, 0) is 26.0 Å². The maximum Gasteiger partial charge on any atom is 0.305 e. The second-order valence-electron chi connectivity index (χ2n) is 7.55. The summed E-state index contributed by atoms with van der Waals surface area (Å²) in [4.78, 5) is 13.7. The van der Waals surface area contributed by atoms with Crippen molar-refractivity contribution in [2.75, 3.05) is 7.11 Å². The quantitative estimate of drug-likeness (QED) is 0.470. The molecule has 1 aromatic heterocycles. The zero-order valence-corrected chi connectivity index (χ0v) is 19.0. The van der Waals surface area contributed by atoms with Crippen LogP contribution in [0.5, 0.6) is 0 Å². The van der Waals surface area contributed by atoms with Crippen molar-refractivity contribution >= 4 is 27.3 Å². The largest absolute Gasteiger partial charge is 0.469 e. The van der Waals surface area contributed by atoms with E-state index in [0.717, 1.165) is 41.9 Å². The monoisotopic (exact) mass is 437 g/mol. The van der Waals surface area contributed by atoms with Crippen LogP contribution in [-0.4, -0.2) is 21.5 Å². The van der Waals surface area contributed by atoms with E-state index >= 15 is 0 Å². The topological polar surface area (TPSA) is 72.5 Å². The zero-order chi connectivity index (χ0) is 21.3. The highest BCUT2D eigenvalue weighted by atomic mass is 32.2. The van der Waals surface area contributed by atoms with Gasteiger partial charge >= 0.3 is 5.97 Å². The predicted molar refractivity (Wildman–Crippen MR) is 117 cm³/mol. The molecule has 29 heavy (non-hydrogen) atoms. The number of carbonyl (C=O) groups excluding carboxylic acids is 1. The first-order valence-corrected chi connectivity index (χ1v) is 12.3. The minimum absolute atomic E-state index is 0.205. The summed E-state index contributed by atoms with van der Waals surface area (Å²) in [6, 6.07) is 12.3. The SMILES string of the molecule is COC(=O)CCCc1ccc(C(CCCC(C)C)NS(=O)(=O)c2ccccc2)s1. The van der Waals surface area contributed by atoms with Crippen molar-refractivity contribution in [2.24, 2.45) is 5.92 Å². The highest BCUT2D eigenvalue weighted by Gasteiger charge is 2.22. The summed E-state index contributed by atoms with van der Waals surface area (Å²) >= 11 is 1.62. The third-order valence-electron chi connectivity index (χ3n) is 4.68. The van der Waals surface area contributed by atoms with Gasteiger partial charge in [-0.15, -0.1) is 11.3 Å². The summed E-state index contributed by atoms with van der Waals surface area (Å²) in [5.41, 5.74) is 0. The van der Waals surface area contributed by atoms with Crippen molar-refractivity contribution in [2.45, 2.75) is 63.3 Å². The number of nitrogens with one attached hydrogen (secondary N) is 1. The molecule has 2 rings (SSSR count). The number of esters is 1. The number of sulfonamides is 1. The Morgan fingerprint density at radius 1 is 1.07 bits per heavy atom. The van der Waals surface area contributed by atoms with E-state index in [1.54, 1.807) is 41.7 Å². The Kier molecular flexibility index (Phi) is 9.33. The van der Waals surface area contributed by atoms with Gasteiger partial charge in [-0.05, 0) is 49.4 Å². The van der Waals surface area contributed by atoms with Gasteiger partial charge in [-0.1, -0.05) is 44.9 Å². The van der Waals surface area contributed by atoms with Gasteiger partial charge in [-0.2, -0.15) is 0 Å². The molecule has 5 nitrogen and oxygen atoms in total. The molecule has 0 aliphatic heterocycles. The molecule has 1 heterocycles. The standard InChI is InChI=1S/C22H31NO4S2/c1-17(2)9-7-13-20(23-29(25,26)19-11-5-4-6-12-19)21-16-15-18(28-21)10-8-14-22(24)27-3/h4-6,11-12,15-17,20,23H,7-10,13-14H2,1-3H3. The normalized spacial score (nSPS) is 12.8. The number of hydrogen-bond donors (Lipinski definition) is 1. The Bertz CT molecular complexity index is 860. The van der Waals surface area contributed by atoms with Crippen molar-refractivity contribution in [3.63, 3.8) is 0 Å². The molecule has 0 aliphatic rings. The van der Waals surface area contributed by atoms with Crippen LogP contribution in [0, 0.1) is 5.92 Å². The first-order chi connectivity index (χ1) is 13.8. The fraction of sp³-hybridized carbons (Fsp3) is 0.500. The molecule has 0 saturated heterocycles. The second-order valence-corrected chi connectivity index (χ2v) is 10.5. The van der Waals surface area contributed by atoms with Gasteiger partial charge in [0.15, 0.2) is 0 Å². The lowest BCUT2D eigenvalue weighted by Crippen LogP contribution is -2.28. The summed E-state index contributed by atoms with van der Waals surface area (Å²) in [6.45, 7) is 4.35. The van der Waals surface area contributed by atoms with Crippen molar-refractivity contribution in [3.8, 4) is 0 Å². The molecule has 0 spiro atoms. The molecule has 0 fully saturated rings. The van der Waals surface area contributed by atoms with E-state index in [4.69, 9.17) is 0 Å². The van der Waals surface area contributed by atoms with Crippen molar-refractivity contribution in [1.82, 2.24) is 4.72 Å². The fourth-order valence-electron chi connectivity index (χ4n) is 3.07. The lowest BCUT2D eigenvalue weighted by molar-refractivity contribution is -0.140. The number of benzene rings is 1. The smallest absolute Gasteiger partial charge is 0.305 e. The maximum absolute atomic E-state index is 12.8. The molecule has 0 amide bonds. The van der Waals surface area contributed by atoms with E-state index < -0.39 is 10.0 Å². The van der Waals surface area contributed by atoms with Crippen LogP contribution in [0.1, 0.15) is 61.7 Å². The Morgan fingerprint density at radius 3 is 2.45 bits per heavy atom. The van der Waals surface area contributed by atoms with Gasteiger partial charge in [-0.3, -0.25) is 4.79 Å². The lowest BCUT2D eigenvalue weighted by atomic mass is 10.0. The van der Waals surface area contributed by atoms with Crippen LogP contribution in [0.4, 0.5) is 0 Å². The minimum atomic E-state index is -3.59. The van der Waals surface area contributed by atoms with Crippen LogP contribution in [0.15, 0.2) is 47.4 Å². The lowest BCUT2D eigenvalue weighted by Gasteiger charge is -2.18. The summed E-state index contributed by atoms with van der Waals surface area (Å²) in [6.07, 6.45) is 4.66. The van der Waals surface area contributed by atoms with E-state index in [9.17, 15) is 13.2 Å². The van der Waals surface area contributed by atoms with Crippen LogP contribution >= 0.6 is 11.3 Å². The first-order valence-electron chi connectivity index (χ1n) is 10.0. The fourth-order valence-corrected chi connectivity index (χ4v) is 5.56. The van der Waals surface area contributed by atoms with Crippen molar-refractivity contribution in [3.05, 3.63) is 52.2 Å². The van der Waals surface area contributed by atoms with Crippen LogP contribution in [0.25, 0.3) is 0 Å². The molecule has 1 unspecified atom stereocenters. The molecular formula is C22H31NO4S2. The Labute approximate surface area is 178 Å².